The summed E-state index contributed by atoms with van der Waals surface area (Å²) in [5.41, 5.74) is 2.04. The van der Waals surface area contributed by atoms with Crippen LogP contribution < -0.4 is 15.0 Å². The fourth-order valence-corrected chi connectivity index (χ4v) is 4.16. The van der Waals surface area contributed by atoms with E-state index in [0.717, 1.165) is 14.0 Å². The van der Waals surface area contributed by atoms with Crippen LogP contribution in [-0.4, -0.2) is 11.9 Å². The molecule has 3 amide bonds. The minimum atomic E-state index is -0.557. The monoisotopic (exact) mass is 598 g/mol. The molecule has 3 aromatic carbocycles. The van der Waals surface area contributed by atoms with Gasteiger partial charge in [-0.2, -0.15) is 0 Å². The zero-order valence-electron chi connectivity index (χ0n) is 16.2. The first-order chi connectivity index (χ1) is 15.3. The van der Waals surface area contributed by atoms with E-state index in [2.05, 4.69) is 27.9 Å². The Morgan fingerprint density at radius 1 is 0.938 bits per heavy atom. The maximum absolute atomic E-state index is 12.8. The van der Waals surface area contributed by atoms with Gasteiger partial charge < -0.3 is 10.1 Å². The molecule has 1 heterocycles. The molecule has 0 radical (unpaired) electrons. The lowest BCUT2D eigenvalue weighted by Gasteiger charge is -2.12. The number of nitrogens with one attached hydrogen (secondary N) is 1. The van der Waals surface area contributed by atoms with Crippen LogP contribution in [0, 0.1) is 3.57 Å². The number of benzene rings is 3. The second-order valence-electron chi connectivity index (χ2n) is 6.83. The number of nitrogens with zero attached hydrogens (tertiary/aromatic N) is 1. The number of amides is 3. The SMILES string of the molecule is O=C1N/C(=C/c2cc(Cl)c(OCc3ccc(I)cc3)c(Cl)c2)C(=O)N1c1ccc(Cl)cc1. The minimum absolute atomic E-state index is 0.102. The Balaban J connectivity index is 1.54. The lowest BCUT2D eigenvalue weighted by molar-refractivity contribution is -0.113. The molecular formula is C23H14Cl3IN2O3. The molecule has 0 aromatic heterocycles. The molecule has 1 fully saturated rings. The van der Waals surface area contributed by atoms with Crippen LogP contribution in [0.2, 0.25) is 15.1 Å². The van der Waals surface area contributed by atoms with Gasteiger partial charge in [-0.25, -0.2) is 9.69 Å². The molecule has 0 atom stereocenters. The molecule has 5 nitrogen and oxygen atoms in total. The van der Waals surface area contributed by atoms with Crippen molar-refractivity contribution in [2.75, 3.05) is 4.90 Å². The summed E-state index contributed by atoms with van der Waals surface area (Å²) in [6.07, 6.45) is 1.51. The summed E-state index contributed by atoms with van der Waals surface area (Å²) in [5, 5.41) is 3.66. The molecule has 1 N–H and O–H groups in total. The topological polar surface area (TPSA) is 58.6 Å². The number of anilines is 1. The van der Waals surface area contributed by atoms with E-state index in [1.165, 1.54) is 6.08 Å². The fourth-order valence-electron chi connectivity index (χ4n) is 3.06. The minimum Gasteiger partial charge on any atom is -0.486 e. The van der Waals surface area contributed by atoms with Crippen LogP contribution in [0.15, 0.2) is 66.4 Å². The number of ether oxygens (including phenoxy) is 1. The second-order valence-corrected chi connectivity index (χ2v) is 9.33. The lowest BCUT2D eigenvalue weighted by atomic mass is 10.1. The molecule has 1 aliphatic rings. The highest BCUT2D eigenvalue weighted by Gasteiger charge is 2.34. The zero-order valence-corrected chi connectivity index (χ0v) is 20.7. The van der Waals surface area contributed by atoms with Crippen LogP contribution in [-0.2, 0) is 11.4 Å². The van der Waals surface area contributed by atoms with Crippen molar-refractivity contribution in [1.29, 1.82) is 0 Å². The van der Waals surface area contributed by atoms with E-state index in [-0.39, 0.29) is 5.70 Å². The van der Waals surface area contributed by atoms with Crippen molar-refractivity contribution in [1.82, 2.24) is 5.32 Å². The maximum Gasteiger partial charge on any atom is 0.333 e. The van der Waals surface area contributed by atoms with Crippen molar-refractivity contribution >= 4 is 81.1 Å². The smallest absolute Gasteiger partial charge is 0.333 e. The van der Waals surface area contributed by atoms with Gasteiger partial charge in [0.2, 0.25) is 0 Å². The van der Waals surface area contributed by atoms with Gasteiger partial charge in [0.15, 0.2) is 5.75 Å². The van der Waals surface area contributed by atoms with E-state index in [1.54, 1.807) is 36.4 Å². The van der Waals surface area contributed by atoms with Crippen molar-refractivity contribution < 1.29 is 14.3 Å². The van der Waals surface area contributed by atoms with Gasteiger partial charge in [-0.1, -0.05) is 46.9 Å². The van der Waals surface area contributed by atoms with Gasteiger partial charge in [0.25, 0.3) is 5.91 Å². The van der Waals surface area contributed by atoms with E-state index < -0.39 is 11.9 Å². The van der Waals surface area contributed by atoms with E-state index in [4.69, 9.17) is 39.5 Å². The standard InChI is InChI=1S/C23H14Cl3IN2O3/c24-15-3-7-17(8-4-15)29-22(30)20(28-23(29)31)11-14-9-18(25)21(19(26)10-14)32-12-13-1-5-16(27)6-2-13/h1-11H,12H2,(H,28,31)/b20-11+. The molecular weight excluding hydrogens is 586 g/mol. The highest BCUT2D eigenvalue weighted by Crippen LogP contribution is 2.36. The number of urea groups is 1. The summed E-state index contributed by atoms with van der Waals surface area (Å²) in [5.74, 6) is -0.151. The molecule has 162 valence electrons. The van der Waals surface area contributed by atoms with Crippen LogP contribution in [0.3, 0.4) is 0 Å². The van der Waals surface area contributed by atoms with E-state index in [9.17, 15) is 9.59 Å². The Hall–Kier alpha value is -2.26. The predicted molar refractivity (Wildman–Crippen MR) is 135 cm³/mol. The van der Waals surface area contributed by atoms with Gasteiger partial charge in [0, 0.05) is 8.59 Å². The average Bonchev–Trinajstić information content (AvgIpc) is 3.02. The van der Waals surface area contributed by atoms with Crippen LogP contribution in [0.25, 0.3) is 6.08 Å². The maximum atomic E-state index is 12.8. The number of rotatable bonds is 5. The van der Waals surface area contributed by atoms with Gasteiger partial charge in [0.1, 0.15) is 12.3 Å². The number of hydrogen-bond acceptors (Lipinski definition) is 3. The van der Waals surface area contributed by atoms with E-state index in [0.29, 0.717) is 38.7 Å². The van der Waals surface area contributed by atoms with Gasteiger partial charge in [-0.05, 0) is 88.3 Å². The Labute approximate surface area is 213 Å². The zero-order chi connectivity index (χ0) is 22.8. The molecule has 4 rings (SSSR count). The Morgan fingerprint density at radius 3 is 2.19 bits per heavy atom. The second kappa shape index (κ2) is 9.70. The summed E-state index contributed by atoms with van der Waals surface area (Å²) >= 11 is 20.9. The number of halogens is 4. The predicted octanol–water partition coefficient (Wildman–Crippen LogP) is 6.93. The molecule has 0 bridgehead atoms. The number of hydrogen-bond donors (Lipinski definition) is 1. The highest BCUT2D eigenvalue weighted by molar-refractivity contribution is 14.1. The van der Waals surface area contributed by atoms with Gasteiger partial charge >= 0.3 is 6.03 Å². The van der Waals surface area contributed by atoms with Gasteiger partial charge in [-0.15, -0.1) is 0 Å². The molecule has 1 saturated heterocycles. The van der Waals surface area contributed by atoms with Gasteiger partial charge in [-0.3, -0.25) is 4.79 Å². The third-order valence-corrected chi connectivity index (χ3v) is 6.12. The van der Waals surface area contributed by atoms with Crippen molar-refractivity contribution in [2.45, 2.75) is 6.61 Å². The van der Waals surface area contributed by atoms with E-state index >= 15 is 0 Å². The van der Waals surface area contributed by atoms with Crippen LogP contribution in [0.1, 0.15) is 11.1 Å². The third kappa shape index (κ3) is 5.04. The number of carbonyl (C=O) groups excluding carboxylic acids is 2. The van der Waals surface area contributed by atoms with Crippen molar-refractivity contribution in [3.8, 4) is 5.75 Å². The molecule has 0 unspecified atom stereocenters. The summed E-state index contributed by atoms with van der Waals surface area (Å²) in [7, 11) is 0. The fraction of sp³-hybridized carbons (Fsp3) is 0.0435. The molecule has 0 saturated carbocycles. The Bertz CT molecular complexity index is 1210. The van der Waals surface area contributed by atoms with Crippen LogP contribution in [0.4, 0.5) is 10.5 Å². The molecule has 9 heteroatoms. The highest BCUT2D eigenvalue weighted by atomic mass is 127. The molecule has 1 aliphatic heterocycles. The first-order valence-corrected chi connectivity index (χ1v) is 11.5. The summed E-state index contributed by atoms with van der Waals surface area (Å²) in [6, 6.07) is 17.0. The quantitative estimate of drug-likeness (QED) is 0.197. The summed E-state index contributed by atoms with van der Waals surface area (Å²) in [6.45, 7) is 0.307. The Morgan fingerprint density at radius 2 is 1.56 bits per heavy atom. The first kappa shape index (κ1) is 22.9. The van der Waals surface area contributed by atoms with Gasteiger partial charge in [0.05, 0.1) is 15.7 Å². The van der Waals surface area contributed by atoms with Crippen molar-refractivity contribution in [2.24, 2.45) is 0 Å². The normalized spacial score (nSPS) is 14.8. The molecule has 32 heavy (non-hydrogen) atoms. The lowest BCUT2D eigenvalue weighted by Crippen LogP contribution is -2.30. The number of carbonyl (C=O) groups is 2. The van der Waals surface area contributed by atoms with E-state index in [1.807, 2.05) is 24.3 Å². The summed E-state index contributed by atoms with van der Waals surface area (Å²) in [4.78, 5) is 26.2. The third-order valence-electron chi connectivity index (χ3n) is 4.59. The average molecular weight is 600 g/mol. The number of imide groups is 1. The largest absolute Gasteiger partial charge is 0.486 e. The first-order valence-electron chi connectivity index (χ1n) is 9.31. The molecule has 0 spiro atoms. The van der Waals surface area contributed by atoms with Crippen molar-refractivity contribution in [3.05, 3.63) is 96.1 Å². The van der Waals surface area contributed by atoms with Crippen molar-refractivity contribution in [3.63, 3.8) is 0 Å². The molecule has 0 aliphatic carbocycles. The van der Waals surface area contributed by atoms with Crippen LogP contribution >= 0.6 is 57.4 Å². The Kier molecular flexibility index (Phi) is 6.95. The summed E-state index contributed by atoms with van der Waals surface area (Å²) < 4.78 is 6.93. The van der Waals surface area contributed by atoms with Crippen LogP contribution in [0.5, 0.6) is 5.75 Å². The molecule has 3 aromatic rings.